The van der Waals surface area contributed by atoms with Gasteiger partial charge < -0.3 is 9.15 Å². The van der Waals surface area contributed by atoms with E-state index in [0.717, 1.165) is 29.4 Å². The van der Waals surface area contributed by atoms with Crippen LogP contribution in [0.15, 0.2) is 29.1 Å². The fourth-order valence-corrected chi connectivity index (χ4v) is 1.96. The molecule has 1 fully saturated rings. The maximum absolute atomic E-state index is 5.49. The molecule has 1 saturated carbocycles. The molecule has 17 heavy (non-hydrogen) atoms. The van der Waals surface area contributed by atoms with Crippen molar-refractivity contribution in [3.63, 3.8) is 0 Å². The molecule has 0 bridgehead atoms. The normalized spacial score (nSPS) is 14.9. The second-order valence-corrected chi connectivity index (χ2v) is 4.34. The van der Waals surface area contributed by atoms with Gasteiger partial charge in [0, 0.05) is 6.20 Å². The molecule has 1 aliphatic rings. The van der Waals surface area contributed by atoms with E-state index >= 15 is 0 Å². The highest BCUT2D eigenvalue weighted by molar-refractivity contribution is 5.65. The quantitative estimate of drug-likeness (QED) is 0.810. The van der Waals surface area contributed by atoms with E-state index in [1.165, 1.54) is 19.2 Å². The van der Waals surface area contributed by atoms with Gasteiger partial charge in [-0.2, -0.15) is 0 Å². The SMILES string of the molecule is COc1ncccc1-c1ocnc1CC1CC1. The third-order valence-electron chi connectivity index (χ3n) is 3.03. The van der Waals surface area contributed by atoms with E-state index < -0.39 is 0 Å². The van der Waals surface area contributed by atoms with Crippen LogP contribution in [-0.4, -0.2) is 17.1 Å². The van der Waals surface area contributed by atoms with Gasteiger partial charge in [0.05, 0.1) is 18.4 Å². The highest BCUT2D eigenvalue weighted by atomic mass is 16.5. The van der Waals surface area contributed by atoms with E-state index in [4.69, 9.17) is 9.15 Å². The Kier molecular flexibility index (Phi) is 2.55. The summed E-state index contributed by atoms with van der Waals surface area (Å²) in [6.07, 6.45) is 6.80. The van der Waals surface area contributed by atoms with E-state index in [1.54, 1.807) is 13.3 Å². The summed E-state index contributed by atoms with van der Waals surface area (Å²) in [6, 6.07) is 3.82. The standard InChI is InChI=1S/C13H14N2O2/c1-16-13-10(3-2-6-14-13)12-11(15-8-17-12)7-9-4-5-9/h2-3,6,8-9H,4-5,7H2,1H3. The third kappa shape index (κ3) is 2.02. The molecule has 88 valence electrons. The summed E-state index contributed by atoms with van der Waals surface area (Å²) in [4.78, 5) is 8.48. The van der Waals surface area contributed by atoms with E-state index in [-0.39, 0.29) is 0 Å². The maximum Gasteiger partial charge on any atom is 0.224 e. The molecule has 0 spiro atoms. The van der Waals surface area contributed by atoms with E-state index in [1.807, 2.05) is 12.1 Å². The lowest BCUT2D eigenvalue weighted by molar-refractivity contribution is 0.398. The van der Waals surface area contributed by atoms with E-state index in [0.29, 0.717) is 5.88 Å². The lowest BCUT2D eigenvalue weighted by Gasteiger charge is -2.05. The van der Waals surface area contributed by atoms with Crippen LogP contribution in [0.5, 0.6) is 5.88 Å². The first-order valence-corrected chi connectivity index (χ1v) is 5.80. The third-order valence-corrected chi connectivity index (χ3v) is 3.03. The molecular weight excluding hydrogens is 216 g/mol. The van der Waals surface area contributed by atoms with Gasteiger partial charge in [0.15, 0.2) is 12.2 Å². The van der Waals surface area contributed by atoms with Crippen molar-refractivity contribution in [1.82, 2.24) is 9.97 Å². The number of methoxy groups -OCH3 is 1. The zero-order valence-corrected chi connectivity index (χ0v) is 9.72. The first kappa shape index (κ1) is 10.3. The molecule has 2 aromatic rings. The Bertz CT molecular complexity index is 518. The summed E-state index contributed by atoms with van der Waals surface area (Å²) in [5.41, 5.74) is 1.89. The predicted molar refractivity (Wildman–Crippen MR) is 62.7 cm³/mol. The number of hydrogen-bond donors (Lipinski definition) is 0. The summed E-state index contributed by atoms with van der Waals surface area (Å²) >= 11 is 0. The van der Waals surface area contributed by atoms with Gasteiger partial charge in [-0.15, -0.1) is 0 Å². The van der Waals surface area contributed by atoms with Gasteiger partial charge in [-0.1, -0.05) is 0 Å². The van der Waals surface area contributed by atoms with E-state index in [2.05, 4.69) is 9.97 Å². The van der Waals surface area contributed by atoms with Crippen molar-refractivity contribution in [1.29, 1.82) is 0 Å². The molecule has 1 aliphatic carbocycles. The molecular formula is C13H14N2O2. The van der Waals surface area contributed by atoms with Crippen molar-refractivity contribution in [2.75, 3.05) is 7.11 Å². The summed E-state index contributed by atoms with van der Waals surface area (Å²) in [5, 5.41) is 0. The highest BCUT2D eigenvalue weighted by Gasteiger charge is 2.25. The minimum absolute atomic E-state index is 0.585. The number of pyridine rings is 1. The molecule has 0 aliphatic heterocycles. The van der Waals surface area contributed by atoms with Gasteiger partial charge >= 0.3 is 0 Å². The second-order valence-electron chi connectivity index (χ2n) is 4.34. The van der Waals surface area contributed by atoms with Crippen LogP contribution in [0.25, 0.3) is 11.3 Å². The minimum atomic E-state index is 0.585. The van der Waals surface area contributed by atoms with Crippen molar-refractivity contribution in [3.8, 4) is 17.2 Å². The van der Waals surface area contributed by atoms with Crippen LogP contribution in [-0.2, 0) is 6.42 Å². The Morgan fingerprint density at radius 2 is 2.29 bits per heavy atom. The molecule has 0 atom stereocenters. The van der Waals surface area contributed by atoms with Crippen molar-refractivity contribution >= 4 is 0 Å². The van der Waals surface area contributed by atoms with Crippen LogP contribution >= 0.6 is 0 Å². The topological polar surface area (TPSA) is 48.2 Å². The van der Waals surface area contributed by atoms with Crippen molar-refractivity contribution < 1.29 is 9.15 Å². The zero-order valence-electron chi connectivity index (χ0n) is 9.72. The molecule has 2 aromatic heterocycles. The molecule has 4 nitrogen and oxygen atoms in total. The lowest BCUT2D eigenvalue weighted by Crippen LogP contribution is -1.94. The van der Waals surface area contributed by atoms with Crippen LogP contribution in [0.2, 0.25) is 0 Å². The number of nitrogens with zero attached hydrogens (tertiary/aromatic N) is 2. The number of oxazole rings is 1. The average Bonchev–Trinajstić information content (AvgIpc) is 3.06. The Balaban J connectivity index is 1.99. The summed E-state index contributed by atoms with van der Waals surface area (Å²) in [5.74, 6) is 2.16. The molecule has 0 aromatic carbocycles. The molecule has 0 N–H and O–H groups in total. The first-order chi connectivity index (χ1) is 8.38. The average molecular weight is 230 g/mol. The Hall–Kier alpha value is -1.84. The number of rotatable bonds is 4. The molecule has 0 unspecified atom stereocenters. The van der Waals surface area contributed by atoms with Crippen molar-refractivity contribution in [3.05, 3.63) is 30.4 Å². The lowest BCUT2D eigenvalue weighted by atomic mass is 10.1. The highest BCUT2D eigenvalue weighted by Crippen LogP contribution is 2.36. The summed E-state index contributed by atoms with van der Waals surface area (Å²) < 4.78 is 10.7. The fraction of sp³-hybridized carbons (Fsp3) is 0.385. The monoisotopic (exact) mass is 230 g/mol. The number of aromatic nitrogens is 2. The minimum Gasteiger partial charge on any atom is -0.480 e. The van der Waals surface area contributed by atoms with Crippen molar-refractivity contribution in [2.24, 2.45) is 5.92 Å². The molecule has 0 radical (unpaired) electrons. The van der Waals surface area contributed by atoms with Gasteiger partial charge in [0.1, 0.15) is 0 Å². The summed E-state index contributed by atoms with van der Waals surface area (Å²) in [7, 11) is 1.61. The van der Waals surface area contributed by atoms with Crippen LogP contribution in [0.3, 0.4) is 0 Å². The van der Waals surface area contributed by atoms with Crippen LogP contribution < -0.4 is 4.74 Å². The molecule has 4 heteroatoms. The molecule has 2 heterocycles. The smallest absolute Gasteiger partial charge is 0.224 e. The van der Waals surface area contributed by atoms with Gasteiger partial charge in [-0.05, 0) is 37.3 Å². The number of ether oxygens (including phenoxy) is 1. The summed E-state index contributed by atoms with van der Waals surface area (Å²) in [6.45, 7) is 0. The van der Waals surface area contributed by atoms with Crippen molar-refractivity contribution in [2.45, 2.75) is 19.3 Å². The van der Waals surface area contributed by atoms with Gasteiger partial charge in [-0.3, -0.25) is 0 Å². The Morgan fingerprint density at radius 1 is 1.41 bits per heavy atom. The zero-order chi connectivity index (χ0) is 11.7. The van der Waals surface area contributed by atoms with Gasteiger partial charge in [0.2, 0.25) is 5.88 Å². The molecule has 3 rings (SSSR count). The van der Waals surface area contributed by atoms with E-state index in [9.17, 15) is 0 Å². The predicted octanol–water partition coefficient (Wildman–Crippen LogP) is 2.70. The van der Waals surface area contributed by atoms with Crippen LogP contribution in [0, 0.1) is 5.92 Å². The van der Waals surface area contributed by atoms with Gasteiger partial charge in [0.25, 0.3) is 0 Å². The molecule has 0 amide bonds. The molecule has 0 saturated heterocycles. The Labute approximate surface area is 99.7 Å². The number of hydrogen-bond acceptors (Lipinski definition) is 4. The van der Waals surface area contributed by atoms with Gasteiger partial charge in [-0.25, -0.2) is 9.97 Å². The van der Waals surface area contributed by atoms with Crippen LogP contribution in [0.4, 0.5) is 0 Å². The second kappa shape index (κ2) is 4.20. The fourth-order valence-electron chi connectivity index (χ4n) is 1.96. The first-order valence-electron chi connectivity index (χ1n) is 5.80. The van der Waals surface area contributed by atoms with Crippen LogP contribution in [0.1, 0.15) is 18.5 Å². The Morgan fingerprint density at radius 3 is 3.06 bits per heavy atom. The largest absolute Gasteiger partial charge is 0.480 e. The maximum atomic E-state index is 5.49.